The second-order valence-electron chi connectivity index (χ2n) is 5.00. The summed E-state index contributed by atoms with van der Waals surface area (Å²) in [6.07, 6.45) is 1.83. The molecule has 5 nitrogen and oxygen atoms in total. The van der Waals surface area contributed by atoms with E-state index in [9.17, 15) is 13.2 Å². The summed E-state index contributed by atoms with van der Waals surface area (Å²) in [6.45, 7) is 0. The Bertz CT molecular complexity index is 788. The van der Waals surface area contributed by atoms with Gasteiger partial charge in [0.1, 0.15) is 5.75 Å². The normalized spacial score (nSPS) is 11.0. The van der Waals surface area contributed by atoms with E-state index in [-0.39, 0.29) is 12.4 Å². The number of rotatable bonds is 6. The molecule has 0 fully saturated rings. The third-order valence-electron chi connectivity index (χ3n) is 2.90. The zero-order chi connectivity index (χ0) is 16.9. The lowest BCUT2D eigenvalue weighted by Gasteiger charge is -2.07. The van der Waals surface area contributed by atoms with Crippen LogP contribution in [0, 0.1) is 0 Å². The van der Waals surface area contributed by atoms with Crippen molar-refractivity contribution in [1.29, 1.82) is 0 Å². The van der Waals surface area contributed by atoms with Gasteiger partial charge in [-0.25, -0.2) is 8.42 Å². The van der Waals surface area contributed by atoms with Crippen LogP contribution in [0.15, 0.2) is 48.5 Å². The second kappa shape index (κ2) is 7.48. The number of halogens is 1. The molecule has 1 N–H and O–H groups in total. The molecule has 0 atom stereocenters. The SMILES string of the molecule is CS(=O)(=O)Nc1ccc(OC(=O)CCc2cccc(Cl)c2)cc1. The molecular formula is C16H16ClNO4S. The first-order chi connectivity index (χ1) is 10.8. The highest BCUT2D eigenvalue weighted by Gasteiger charge is 2.07. The van der Waals surface area contributed by atoms with Gasteiger partial charge in [-0.1, -0.05) is 23.7 Å². The number of carbonyl (C=O) groups is 1. The van der Waals surface area contributed by atoms with Gasteiger partial charge in [-0.15, -0.1) is 0 Å². The highest BCUT2D eigenvalue weighted by atomic mass is 35.5. The molecule has 0 bridgehead atoms. The van der Waals surface area contributed by atoms with E-state index in [4.69, 9.17) is 16.3 Å². The Morgan fingerprint density at radius 1 is 1.17 bits per heavy atom. The molecule has 7 heteroatoms. The van der Waals surface area contributed by atoms with E-state index in [0.717, 1.165) is 11.8 Å². The lowest BCUT2D eigenvalue weighted by atomic mass is 10.1. The van der Waals surface area contributed by atoms with Gasteiger partial charge < -0.3 is 4.74 Å². The maximum Gasteiger partial charge on any atom is 0.311 e. The molecule has 2 aromatic carbocycles. The Morgan fingerprint density at radius 3 is 2.48 bits per heavy atom. The largest absolute Gasteiger partial charge is 0.427 e. The van der Waals surface area contributed by atoms with Gasteiger partial charge in [-0.3, -0.25) is 9.52 Å². The van der Waals surface area contributed by atoms with Crippen molar-refractivity contribution in [3.63, 3.8) is 0 Å². The number of nitrogens with one attached hydrogen (secondary N) is 1. The number of sulfonamides is 1. The minimum atomic E-state index is -3.32. The molecule has 0 saturated heterocycles. The van der Waals surface area contributed by atoms with Crippen molar-refractivity contribution in [2.75, 3.05) is 11.0 Å². The second-order valence-corrected chi connectivity index (χ2v) is 7.19. The lowest BCUT2D eigenvalue weighted by Crippen LogP contribution is -2.10. The fourth-order valence-corrected chi connectivity index (χ4v) is 2.70. The first-order valence-electron chi connectivity index (χ1n) is 6.85. The van der Waals surface area contributed by atoms with Crippen LogP contribution >= 0.6 is 11.6 Å². The summed E-state index contributed by atoms with van der Waals surface area (Å²) in [4.78, 5) is 11.8. The van der Waals surface area contributed by atoms with E-state index in [2.05, 4.69) is 4.72 Å². The maximum absolute atomic E-state index is 11.8. The van der Waals surface area contributed by atoms with E-state index in [1.54, 1.807) is 12.1 Å². The number of ether oxygens (including phenoxy) is 1. The van der Waals surface area contributed by atoms with Gasteiger partial charge >= 0.3 is 5.97 Å². The molecule has 0 aliphatic heterocycles. The number of aryl methyl sites for hydroxylation is 1. The molecule has 0 aliphatic carbocycles. The number of esters is 1. The van der Waals surface area contributed by atoms with Crippen LogP contribution < -0.4 is 9.46 Å². The Balaban J connectivity index is 1.87. The standard InChI is InChI=1S/C16H16ClNO4S/c1-23(20,21)18-14-6-8-15(9-7-14)22-16(19)10-5-12-3-2-4-13(17)11-12/h2-4,6-9,11,18H,5,10H2,1H3. The van der Waals surface area contributed by atoms with Crippen molar-refractivity contribution < 1.29 is 17.9 Å². The van der Waals surface area contributed by atoms with Crippen molar-refractivity contribution in [3.8, 4) is 5.75 Å². The summed E-state index contributed by atoms with van der Waals surface area (Å²) < 4.78 is 29.7. The van der Waals surface area contributed by atoms with E-state index in [1.165, 1.54) is 24.3 Å². The molecule has 2 aromatic rings. The van der Waals surface area contributed by atoms with Gasteiger partial charge in [-0.05, 0) is 48.4 Å². The molecule has 122 valence electrons. The molecule has 0 saturated carbocycles. The van der Waals surface area contributed by atoms with Crippen molar-refractivity contribution in [3.05, 3.63) is 59.1 Å². The average molecular weight is 354 g/mol. The highest BCUT2D eigenvalue weighted by molar-refractivity contribution is 7.92. The van der Waals surface area contributed by atoms with Crippen LogP contribution in [0.5, 0.6) is 5.75 Å². The van der Waals surface area contributed by atoms with Gasteiger partial charge in [-0.2, -0.15) is 0 Å². The smallest absolute Gasteiger partial charge is 0.311 e. The minimum absolute atomic E-state index is 0.226. The van der Waals surface area contributed by atoms with Crippen LogP contribution in [0.4, 0.5) is 5.69 Å². The monoisotopic (exact) mass is 353 g/mol. The molecule has 0 unspecified atom stereocenters. The molecule has 0 aromatic heterocycles. The zero-order valence-corrected chi connectivity index (χ0v) is 14.0. The van der Waals surface area contributed by atoms with Gasteiger partial charge in [0.25, 0.3) is 0 Å². The molecule has 0 aliphatic rings. The van der Waals surface area contributed by atoms with Gasteiger partial charge in [0, 0.05) is 17.1 Å². The Kier molecular flexibility index (Phi) is 5.63. The first kappa shape index (κ1) is 17.3. The first-order valence-corrected chi connectivity index (χ1v) is 9.12. The lowest BCUT2D eigenvalue weighted by molar-refractivity contribution is -0.134. The number of hydrogen-bond acceptors (Lipinski definition) is 4. The van der Waals surface area contributed by atoms with Gasteiger partial charge in [0.15, 0.2) is 0 Å². The van der Waals surface area contributed by atoms with Crippen LogP contribution in [0.3, 0.4) is 0 Å². The third kappa shape index (κ3) is 6.30. The van der Waals surface area contributed by atoms with Gasteiger partial charge in [0.2, 0.25) is 10.0 Å². The zero-order valence-electron chi connectivity index (χ0n) is 12.5. The van der Waals surface area contributed by atoms with E-state index in [1.807, 2.05) is 12.1 Å². The quantitative estimate of drug-likeness (QED) is 0.639. The van der Waals surface area contributed by atoms with Crippen molar-refractivity contribution in [1.82, 2.24) is 0 Å². The van der Waals surface area contributed by atoms with Crippen molar-refractivity contribution in [2.24, 2.45) is 0 Å². The third-order valence-corrected chi connectivity index (χ3v) is 3.74. The molecule has 23 heavy (non-hydrogen) atoms. The Hall–Kier alpha value is -2.05. The van der Waals surface area contributed by atoms with Crippen LogP contribution in [-0.4, -0.2) is 20.6 Å². The molecule has 0 heterocycles. The number of anilines is 1. The number of carbonyl (C=O) groups excluding carboxylic acids is 1. The predicted molar refractivity (Wildman–Crippen MR) is 90.3 cm³/mol. The number of benzene rings is 2. The minimum Gasteiger partial charge on any atom is -0.427 e. The molecule has 2 rings (SSSR count). The Morgan fingerprint density at radius 2 is 1.87 bits per heavy atom. The summed E-state index contributed by atoms with van der Waals surface area (Å²) >= 11 is 5.89. The highest BCUT2D eigenvalue weighted by Crippen LogP contribution is 2.18. The molecule has 0 radical (unpaired) electrons. The van der Waals surface area contributed by atoms with E-state index >= 15 is 0 Å². The van der Waals surface area contributed by atoms with Crippen LogP contribution in [0.25, 0.3) is 0 Å². The summed E-state index contributed by atoms with van der Waals surface area (Å²) in [6, 6.07) is 13.4. The maximum atomic E-state index is 11.8. The predicted octanol–water partition coefficient (Wildman–Crippen LogP) is 3.25. The van der Waals surface area contributed by atoms with Crippen molar-refractivity contribution >= 4 is 33.3 Å². The van der Waals surface area contributed by atoms with E-state index in [0.29, 0.717) is 22.9 Å². The molecule has 0 spiro atoms. The van der Waals surface area contributed by atoms with E-state index < -0.39 is 10.0 Å². The summed E-state index contributed by atoms with van der Waals surface area (Å²) in [5, 5.41) is 0.629. The topological polar surface area (TPSA) is 72.5 Å². The fraction of sp³-hybridized carbons (Fsp3) is 0.188. The summed E-state index contributed by atoms with van der Waals surface area (Å²) in [5.41, 5.74) is 1.37. The summed E-state index contributed by atoms with van der Waals surface area (Å²) in [7, 11) is -3.32. The summed E-state index contributed by atoms with van der Waals surface area (Å²) in [5.74, 6) is -0.00561. The average Bonchev–Trinajstić information content (AvgIpc) is 2.46. The molecular weight excluding hydrogens is 338 g/mol. The fourth-order valence-electron chi connectivity index (χ4n) is 1.93. The Labute approximate surface area is 140 Å². The van der Waals surface area contributed by atoms with Crippen LogP contribution in [0.1, 0.15) is 12.0 Å². The number of hydrogen-bond donors (Lipinski definition) is 1. The van der Waals surface area contributed by atoms with Crippen LogP contribution in [-0.2, 0) is 21.2 Å². The van der Waals surface area contributed by atoms with Crippen LogP contribution in [0.2, 0.25) is 5.02 Å². The van der Waals surface area contributed by atoms with Crippen molar-refractivity contribution in [2.45, 2.75) is 12.8 Å². The van der Waals surface area contributed by atoms with Gasteiger partial charge in [0.05, 0.1) is 6.26 Å². The molecule has 0 amide bonds.